The minimum absolute atomic E-state index is 0.204. The summed E-state index contributed by atoms with van der Waals surface area (Å²) < 4.78 is 5.08. The quantitative estimate of drug-likeness (QED) is 0.380. The Morgan fingerprint density at radius 3 is 2.54 bits per heavy atom. The van der Waals surface area contributed by atoms with E-state index in [1.807, 2.05) is 0 Å². The summed E-state index contributed by atoms with van der Waals surface area (Å²) in [5.74, 6) is 0.500. The summed E-state index contributed by atoms with van der Waals surface area (Å²) in [6.45, 7) is 0.612. The summed E-state index contributed by atoms with van der Waals surface area (Å²) in [5, 5.41) is 6.81. The van der Waals surface area contributed by atoms with Gasteiger partial charge in [-0.25, -0.2) is 0 Å². The largest absolute Gasteiger partial charge is 0.495 e. The maximum absolute atomic E-state index is 12.0. The molecule has 0 aliphatic rings. The molecule has 2 aromatic rings. The van der Waals surface area contributed by atoms with Gasteiger partial charge in [-0.2, -0.15) is 0 Å². The van der Waals surface area contributed by atoms with Crippen molar-refractivity contribution in [3.63, 3.8) is 0 Å². The standard InChI is InChI=1S/C17H17Cl3N4O2/c1-26-15-5-3-11(9-14(15)20)24-17(21)23-7-6-22-16(25)10-2-4-12(18)13(19)8-10/h2-5,8-9H,6-7H2,1H3,(H,22,25)(H3,21,23,24). The SMILES string of the molecule is COc1ccc(NC(N)=NCCNC(=O)c2ccc(Cl)c(Cl)c2)cc1Cl. The van der Waals surface area contributed by atoms with Crippen LogP contribution in [0.2, 0.25) is 15.1 Å². The Labute approximate surface area is 166 Å². The molecule has 0 aromatic heterocycles. The second-order valence-corrected chi connectivity index (χ2v) is 6.35. The second-order valence-electron chi connectivity index (χ2n) is 5.13. The van der Waals surface area contributed by atoms with E-state index in [4.69, 9.17) is 45.3 Å². The molecule has 2 rings (SSSR count). The number of anilines is 1. The van der Waals surface area contributed by atoms with Crippen molar-refractivity contribution >= 4 is 52.4 Å². The van der Waals surface area contributed by atoms with Crippen LogP contribution in [0, 0.1) is 0 Å². The number of hydrogen-bond acceptors (Lipinski definition) is 3. The number of nitrogens with two attached hydrogens (primary N) is 1. The normalized spacial score (nSPS) is 11.2. The highest BCUT2D eigenvalue weighted by Gasteiger charge is 2.07. The average Bonchev–Trinajstić information content (AvgIpc) is 2.61. The molecule has 26 heavy (non-hydrogen) atoms. The maximum Gasteiger partial charge on any atom is 0.251 e. The predicted octanol–water partition coefficient (Wildman–Crippen LogP) is 3.81. The van der Waals surface area contributed by atoms with E-state index in [-0.39, 0.29) is 11.9 Å². The minimum atomic E-state index is -0.271. The fourth-order valence-electron chi connectivity index (χ4n) is 2.02. The van der Waals surface area contributed by atoms with Crippen LogP contribution in [0.15, 0.2) is 41.4 Å². The van der Waals surface area contributed by atoms with Gasteiger partial charge < -0.3 is 21.1 Å². The number of nitrogens with one attached hydrogen (secondary N) is 2. The van der Waals surface area contributed by atoms with Crippen molar-refractivity contribution in [2.75, 3.05) is 25.5 Å². The van der Waals surface area contributed by atoms with Crippen LogP contribution in [0.5, 0.6) is 5.75 Å². The van der Waals surface area contributed by atoms with Gasteiger partial charge in [0.1, 0.15) is 5.75 Å². The Bertz CT molecular complexity index is 828. The molecule has 1 amide bonds. The number of nitrogens with zero attached hydrogens (tertiary/aromatic N) is 1. The number of methoxy groups -OCH3 is 1. The van der Waals surface area contributed by atoms with Crippen molar-refractivity contribution in [3.05, 3.63) is 57.0 Å². The van der Waals surface area contributed by atoms with E-state index in [1.165, 1.54) is 13.2 Å². The first-order valence-electron chi connectivity index (χ1n) is 7.54. The zero-order valence-corrected chi connectivity index (χ0v) is 16.1. The summed E-state index contributed by atoms with van der Waals surface area (Å²) in [7, 11) is 1.54. The van der Waals surface area contributed by atoms with E-state index in [9.17, 15) is 4.79 Å². The van der Waals surface area contributed by atoms with Gasteiger partial charge >= 0.3 is 0 Å². The number of carbonyl (C=O) groups is 1. The molecule has 138 valence electrons. The highest BCUT2D eigenvalue weighted by Crippen LogP contribution is 2.27. The lowest BCUT2D eigenvalue weighted by atomic mass is 10.2. The van der Waals surface area contributed by atoms with E-state index in [1.54, 1.807) is 30.3 Å². The van der Waals surface area contributed by atoms with E-state index in [0.717, 1.165) is 0 Å². The number of hydrogen-bond donors (Lipinski definition) is 3. The Kier molecular flexibility index (Phi) is 7.38. The summed E-state index contributed by atoms with van der Waals surface area (Å²) in [6.07, 6.45) is 0. The van der Waals surface area contributed by atoms with Gasteiger partial charge in [0, 0.05) is 17.8 Å². The Balaban J connectivity index is 1.82. The van der Waals surface area contributed by atoms with Crippen LogP contribution >= 0.6 is 34.8 Å². The summed E-state index contributed by atoms with van der Waals surface area (Å²) in [6, 6.07) is 9.82. The van der Waals surface area contributed by atoms with Crippen LogP contribution in [0.1, 0.15) is 10.4 Å². The minimum Gasteiger partial charge on any atom is -0.495 e. The smallest absolute Gasteiger partial charge is 0.251 e. The van der Waals surface area contributed by atoms with E-state index in [2.05, 4.69) is 15.6 Å². The number of benzene rings is 2. The summed E-state index contributed by atoms with van der Waals surface area (Å²) in [4.78, 5) is 16.1. The Hall–Kier alpha value is -2.15. The maximum atomic E-state index is 12.0. The number of aliphatic imine (C=N–C) groups is 1. The molecule has 0 saturated carbocycles. The van der Waals surface area contributed by atoms with Crippen LogP contribution in [-0.4, -0.2) is 32.1 Å². The molecule has 0 fully saturated rings. The average molecular weight is 416 g/mol. The van der Waals surface area contributed by atoms with Crippen molar-refractivity contribution in [2.45, 2.75) is 0 Å². The molecule has 0 unspecified atom stereocenters. The number of halogens is 3. The zero-order chi connectivity index (χ0) is 19.1. The lowest BCUT2D eigenvalue weighted by Gasteiger charge is -2.09. The van der Waals surface area contributed by atoms with Crippen molar-refractivity contribution in [1.82, 2.24) is 5.32 Å². The van der Waals surface area contributed by atoms with Gasteiger partial charge in [-0.05, 0) is 36.4 Å². The van der Waals surface area contributed by atoms with Gasteiger partial charge in [-0.15, -0.1) is 0 Å². The lowest BCUT2D eigenvalue weighted by molar-refractivity contribution is 0.0955. The molecule has 0 atom stereocenters. The van der Waals surface area contributed by atoms with Crippen LogP contribution in [-0.2, 0) is 0 Å². The molecular formula is C17H17Cl3N4O2. The first-order chi connectivity index (χ1) is 12.4. The second kappa shape index (κ2) is 9.52. The van der Waals surface area contributed by atoms with E-state index in [0.29, 0.717) is 45.2 Å². The third-order valence-electron chi connectivity index (χ3n) is 3.29. The molecule has 0 bridgehead atoms. The Morgan fingerprint density at radius 2 is 1.88 bits per heavy atom. The molecule has 0 aliphatic carbocycles. The van der Waals surface area contributed by atoms with Crippen LogP contribution in [0.4, 0.5) is 5.69 Å². The molecule has 6 nitrogen and oxygen atoms in total. The van der Waals surface area contributed by atoms with Crippen molar-refractivity contribution in [1.29, 1.82) is 0 Å². The topological polar surface area (TPSA) is 88.7 Å². The van der Waals surface area contributed by atoms with Crippen molar-refractivity contribution < 1.29 is 9.53 Å². The van der Waals surface area contributed by atoms with E-state index >= 15 is 0 Å². The molecule has 0 heterocycles. The number of rotatable bonds is 6. The number of amides is 1. The van der Waals surface area contributed by atoms with Crippen molar-refractivity contribution in [3.8, 4) is 5.75 Å². The van der Waals surface area contributed by atoms with Gasteiger partial charge in [-0.3, -0.25) is 9.79 Å². The number of carbonyl (C=O) groups excluding carboxylic acids is 1. The van der Waals surface area contributed by atoms with Gasteiger partial charge in [0.05, 0.1) is 28.7 Å². The van der Waals surface area contributed by atoms with E-state index < -0.39 is 0 Å². The molecule has 0 aliphatic heterocycles. The molecular weight excluding hydrogens is 399 g/mol. The first-order valence-corrected chi connectivity index (χ1v) is 8.68. The van der Waals surface area contributed by atoms with Gasteiger partial charge in [0.25, 0.3) is 5.91 Å². The Morgan fingerprint density at radius 1 is 1.12 bits per heavy atom. The third kappa shape index (κ3) is 5.69. The van der Waals surface area contributed by atoms with Crippen molar-refractivity contribution in [2.24, 2.45) is 10.7 Å². The van der Waals surface area contributed by atoms with Gasteiger partial charge in [0.15, 0.2) is 5.96 Å². The zero-order valence-electron chi connectivity index (χ0n) is 13.9. The van der Waals surface area contributed by atoms with Crippen LogP contribution in [0.25, 0.3) is 0 Å². The summed E-state index contributed by atoms with van der Waals surface area (Å²) in [5.41, 5.74) is 6.91. The van der Waals surface area contributed by atoms with Gasteiger partial charge in [-0.1, -0.05) is 34.8 Å². The number of guanidine groups is 1. The molecule has 9 heteroatoms. The van der Waals surface area contributed by atoms with Crippen LogP contribution < -0.4 is 21.1 Å². The monoisotopic (exact) mass is 414 g/mol. The molecule has 0 saturated heterocycles. The fraction of sp³-hybridized carbons (Fsp3) is 0.176. The van der Waals surface area contributed by atoms with Gasteiger partial charge in [0.2, 0.25) is 0 Å². The molecule has 4 N–H and O–H groups in total. The molecule has 0 spiro atoms. The highest BCUT2D eigenvalue weighted by molar-refractivity contribution is 6.42. The lowest BCUT2D eigenvalue weighted by Crippen LogP contribution is -2.28. The fourth-order valence-corrected chi connectivity index (χ4v) is 2.57. The summed E-state index contributed by atoms with van der Waals surface area (Å²) >= 11 is 17.8. The number of ether oxygens (including phenoxy) is 1. The predicted molar refractivity (Wildman–Crippen MR) is 107 cm³/mol. The molecule has 0 radical (unpaired) electrons. The first kappa shape index (κ1) is 20.2. The van der Waals surface area contributed by atoms with Crippen LogP contribution in [0.3, 0.4) is 0 Å². The molecule has 2 aromatic carbocycles. The highest BCUT2D eigenvalue weighted by atomic mass is 35.5. The third-order valence-corrected chi connectivity index (χ3v) is 4.32.